The fourth-order valence-electron chi connectivity index (χ4n) is 4.14. The van der Waals surface area contributed by atoms with Gasteiger partial charge in [0.2, 0.25) is 0 Å². The predicted octanol–water partition coefficient (Wildman–Crippen LogP) is 8.35. The Balaban J connectivity index is 0.000000196. The third-order valence-corrected chi connectivity index (χ3v) is 8.31. The van der Waals surface area contributed by atoms with Crippen LogP contribution in [0.1, 0.15) is 47.0 Å². The van der Waals surface area contributed by atoms with Gasteiger partial charge in [0, 0.05) is 0 Å². The van der Waals surface area contributed by atoms with Crippen LogP contribution in [-0.2, 0) is 20.8 Å². The van der Waals surface area contributed by atoms with Gasteiger partial charge >= 0.3 is 37.9 Å². The number of halogens is 2. The van der Waals surface area contributed by atoms with Crippen LogP contribution in [0, 0.1) is 12.3 Å². The van der Waals surface area contributed by atoms with E-state index in [-0.39, 0.29) is 7.92 Å². The minimum atomic E-state index is -0.826. The summed E-state index contributed by atoms with van der Waals surface area (Å²) in [5.41, 5.74) is 3.12. The molecule has 0 amide bonds. The Morgan fingerprint density at radius 1 is 1.11 bits per heavy atom. The van der Waals surface area contributed by atoms with E-state index < -0.39 is 20.8 Å². The Hall–Kier alpha value is 0.0731. The zero-order chi connectivity index (χ0) is 20.5. The summed E-state index contributed by atoms with van der Waals surface area (Å²) < 4.78 is 0. The summed E-state index contributed by atoms with van der Waals surface area (Å²) in [4.78, 5) is 0. The molecule has 28 heavy (non-hydrogen) atoms. The quantitative estimate of drug-likeness (QED) is 0.286. The van der Waals surface area contributed by atoms with Gasteiger partial charge in [-0.2, -0.15) is 6.07 Å². The molecule has 0 spiro atoms. The number of rotatable bonds is 3. The molecule has 0 aromatic heterocycles. The molecular weight excluding hydrogens is 481 g/mol. The molecule has 0 aliphatic heterocycles. The summed E-state index contributed by atoms with van der Waals surface area (Å²) in [6.45, 7) is 9.40. The first-order valence-electron chi connectivity index (χ1n) is 10.1. The molecule has 2 aliphatic carbocycles. The molecule has 0 saturated heterocycles. The zero-order valence-electron chi connectivity index (χ0n) is 17.3. The molecule has 1 saturated carbocycles. The number of hydrogen-bond acceptors (Lipinski definition) is 0. The second kappa shape index (κ2) is 12.7. The Morgan fingerprint density at radius 2 is 1.79 bits per heavy atom. The van der Waals surface area contributed by atoms with Crippen LogP contribution in [0.15, 0.2) is 60.2 Å². The number of fused-ring (bicyclic) bond motifs is 2. The van der Waals surface area contributed by atoms with E-state index in [1.807, 2.05) is 0 Å². The normalized spacial score (nSPS) is 17.3. The van der Waals surface area contributed by atoms with Crippen LogP contribution in [0.5, 0.6) is 0 Å². The van der Waals surface area contributed by atoms with Crippen molar-refractivity contribution in [3.63, 3.8) is 0 Å². The molecule has 0 N–H and O–H groups in total. The van der Waals surface area contributed by atoms with Crippen LogP contribution >= 0.6 is 24.9 Å². The van der Waals surface area contributed by atoms with Gasteiger partial charge in [0.25, 0.3) is 0 Å². The van der Waals surface area contributed by atoms with E-state index in [9.17, 15) is 0 Å². The SMILES string of the molecule is C1=CCC2CC[CH-]C2=C1.CC(C)P(c1cc2ccccc2[cH-]1)C(C)C.[Cl][Zr+2][Cl]. The van der Waals surface area contributed by atoms with Crippen LogP contribution in [0.3, 0.4) is 0 Å². The zero-order valence-corrected chi connectivity index (χ0v) is 22.2. The molecule has 0 heterocycles. The van der Waals surface area contributed by atoms with E-state index in [1.54, 1.807) is 10.9 Å². The summed E-state index contributed by atoms with van der Waals surface area (Å²) in [7, 11) is 9.85. The van der Waals surface area contributed by atoms with Gasteiger partial charge in [-0.15, -0.1) is 58.9 Å². The summed E-state index contributed by atoms with van der Waals surface area (Å²) in [6, 6.07) is 13.5. The van der Waals surface area contributed by atoms with Gasteiger partial charge in [-0.3, -0.25) is 0 Å². The molecule has 150 valence electrons. The molecule has 1 fully saturated rings. The second-order valence-electron chi connectivity index (χ2n) is 7.82. The molecule has 4 rings (SSSR count). The molecule has 2 aromatic rings. The maximum atomic E-state index is 4.93. The average molecular weight is 513 g/mol. The summed E-state index contributed by atoms with van der Waals surface area (Å²) in [5.74, 6) is 0.884. The molecule has 1 unspecified atom stereocenters. The standard InChI is InChI=1S/C15H20P.C9H11.2ClH.Zr/c1-11(2)16(12(3)4)15-9-13-7-5-6-8-14(13)10-15;1-2-5-9-7-3-6-8(9)4-1;;;/h5-12H,1-4H3;1-2,4,6,9H,3,5,7H2;2*1H;/q2*-1;;;+4/p-2. The van der Waals surface area contributed by atoms with E-state index in [4.69, 9.17) is 17.0 Å². The van der Waals surface area contributed by atoms with E-state index in [2.05, 4.69) is 88.7 Å². The first-order valence-corrected chi connectivity index (χ1v) is 17.9. The van der Waals surface area contributed by atoms with Crippen molar-refractivity contribution >= 4 is 41.0 Å². The van der Waals surface area contributed by atoms with Gasteiger partial charge in [-0.1, -0.05) is 48.1 Å². The predicted molar refractivity (Wildman–Crippen MR) is 127 cm³/mol. The minimum absolute atomic E-state index is 0.0206. The van der Waals surface area contributed by atoms with Crippen molar-refractivity contribution in [3.8, 4) is 0 Å². The topological polar surface area (TPSA) is 0 Å². The third-order valence-electron chi connectivity index (χ3n) is 5.23. The Morgan fingerprint density at radius 3 is 2.39 bits per heavy atom. The molecule has 4 heteroatoms. The monoisotopic (exact) mass is 510 g/mol. The molecule has 1 atom stereocenters. The summed E-state index contributed by atoms with van der Waals surface area (Å²) in [5, 5.41) is 4.36. The summed E-state index contributed by atoms with van der Waals surface area (Å²) in [6.07, 6.45) is 13.0. The van der Waals surface area contributed by atoms with Gasteiger partial charge < -0.3 is 0 Å². The molecule has 0 bridgehead atoms. The van der Waals surface area contributed by atoms with E-state index in [0.29, 0.717) is 0 Å². The molecule has 0 nitrogen and oxygen atoms in total. The van der Waals surface area contributed by atoms with E-state index >= 15 is 0 Å². The van der Waals surface area contributed by atoms with Crippen LogP contribution < -0.4 is 5.30 Å². The number of hydrogen-bond donors (Lipinski definition) is 0. The average Bonchev–Trinajstić information content (AvgIpc) is 3.28. The fraction of sp³-hybridized carbons (Fsp3) is 0.417. The van der Waals surface area contributed by atoms with Crippen LogP contribution in [-0.4, -0.2) is 11.3 Å². The van der Waals surface area contributed by atoms with E-state index in [0.717, 1.165) is 17.2 Å². The maximum absolute atomic E-state index is 4.93. The van der Waals surface area contributed by atoms with Crippen molar-refractivity contribution < 1.29 is 20.8 Å². The van der Waals surface area contributed by atoms with Gasteiger partial charge in [-0.05, 0) is 23.7 Å². The van der Waals surface area contributed by atoms with Gasteiger partial charge in [-0.25, -0.2) is 18.1 Å². The molecular formula is C24H31Cl2PZr. The fourth-order valence-corrected chi connectivity index (χ4v) is 7.10. The second-order valence-corrected chi connectivity index (χ2v) is 14.9. The van der Waals surface area contributed by atoms with Crippen molar-refractivity contribution in [2.45, 2.75) is 58.3 Å². The van der Waals surface area contributed by atoms with Crippen LogP contribution in [0.2, 0.25) is 0 Å². The third kappa shape index (κ3) is 7.09. The Labute approximate surface area is 191 Å². The molecule has 0 radical (unpaired) electrons. The molecule has 2 aliphatic rings. The first kappa shape index (κ1) is 24.3. The Kier molecular flexibility index (Phi) is 11.0. The van der Waals surface area contributed by atoms with Gasteiger partial charge in [0.1, 0.15) is 0 Å². The van der Waals surface area contributed by atoms with Crippen molar-refractivity contribution in [3.05, 3.63) is 66.6 Å². The number of benzene rings is 1. The molecule has 2 aromatic carbocycles. The summed E-state index contributed by atoms with van der Waals surface area (Å²) >= 11 is -0.826. The van der Waals surface area contributed by atoms with Crippen molar-refractivity contribution in [1.82, 2.24) is 0 Å². The van der Waals surface area contributed by atoms with Crippen molar-refractivity contribution in [2.75, 3.05) is 0 Å². The van der Waals surface area contributed by atoms with Gasteiger partial charge in [0.15, 0.2) is 0 Å². The van der Waals surface area contributed by atoms with Crippen LogP contribution in [0.25, 0.3) is 10.8 Å². The van der Waals surface area contributed by atoms with Crippen molar-refractivity contribution in [2.24, 2.45) is 5.92 Å². The van der Waals surface area contributed by atoms with E-state index in [1.165, 1.54) is 30.0 Å². The Bertz CT molecular complexity index is 735. The van der Waals surface area contributed by atoms with Crippen LogP contribution in [0.4, 0.5) is 0 Å². The number of allylic oxidation sites excluding steroid dienone is 4. The van der Waals surface area contributed by atoms with Crippen molar-refractivity contribution in [1.29, 1.82) is 0 Å². The van der Waals surface area contributed by atoms with Gasteiger partial charge in [0.05, 0.1) is 0 Å². The first-order chi connectivity index (χ1) is 13.5.